The monoisotopic (exact) mass is 286 g/mol. The van der Waals surface area contributed by atoms with Crippen LogP contribution in [0.1, 0.15) is 11.1 Å². The van der Waals surface area contributed by atoms with Crippen molar-refractivity contribution in [3.05, 3.63) is 46.5 Å². The average Bonchev–Trinajstić information content (AvgIpc) is 2.61. The highest BCUT2D eigenvalue weighted by atomic mass is 35.5. The second-order valence-corrected chi connectivity index (χ2v) is 4.92. The van der Waals surface area contributed by atoms with E-state index >= 15 is 0 Å². The first-order chi connectivity index (χ1) is 7.88. The predicted molar refractivity (Wildman–Crippen MR) is 76.8 cm³/mol. The van der Waals surface area contributed by atoms with Crippen molar-refractivity contribution in [2.24, 2.45) is 4.99 Å². The minimum atomic E-state index is 0. The Bertz CT molecular complexity index is 485. The molecule has 3 rings (SSSR count). The Labute approximate surface area is 116 Å². The van der Waals surface area contributed by atoms with Gasteiger partial charge < -0.3 is 4.90 Å². The van der Waals surface area contributed by atoms with Gasteiger partial charge in [-0.3, -0.25) is 4.99 Å². The first-order valence-corrected chi connectivity index (χ1v) is 6.60. The number of hydrogen-bond acceptors (Lipinski definition) is 3. The van der Waals surface area contributed by atoms with Gasteiger partial charge in [0.15, 0.2) is 5.17 Å². The minimum Gasteiger partial charge on any atom is -0.319 e. The Balaban J connectivity index is 0.00000108. The van der Waals surface area contributed by atoms with Gasteiger partial charge in [-0.1, -0.05) is 36.0 Å². The predicted octanol–water partition coefficient (Wildman–Crippen LogP) is 3.61. The second kappa shape index (κ2) is 5.34. The Morgan fingerprint density at radius 3 is 2.82 bits per heavy atom. The molecule has 2 aliphatic heterocycles. The van der Waals surface area contributed by atoms with Gasteiger partial charge in [-0.25, -0.2) is 0 Å². The summed E-state index contributed by atoms with van der Waals surface area (Å²) in [5.41, 5.74) is 3.82. The van der Waals surface area contributed by atoms with Gasteiger partial charge in [0.2, 0.25) is 0 Å². The van der Waals surface area contributed by atoms with Gasteiger partial charge in [-0.15, -0.1) is 24.0 Å². The molecule has 1 aromatic carbocycles. The van der Waals surface area contributed by atoms with Gasteiger partial charge >= 0.3 is 0 Å². The third-order valence-electron chi connectivity index (χ3n) is 2.85. The van der Waals surface area contributed by atoms with Crippen molar-refractivity contribution in [3.8, 4) is 0 Å². The number of thioether (sulfide) groups is 1. The highest BCUT2D eigenvalue weighted by Crippen LogP contribution is 2.32. The van der Waals surface area contributed by atoms with Crippen LogP contribution in [0.3, 0.4) is 0 Å². The fourth-order valence-electron chi connectivity index (χ4n) is 1.96. The summed E-state index contributed by atoms with van der Waals surface area (Å²) >= 11 is 7.60. The van der Waals surface area contributed by atoms with E-state index in [0.717, 1.165) is 24.0 Å². The van der Waals surface area contributed by atoms with E-state index in [1.54, 1.807) is 11.8 Å². The van der Waals surface area contributed by atoms with Crippen molar-refractivity contribution in [1.82, 2.24) is 4.90 Å². The average molecular weight is 287 g/mol. The van der Waals surface area contributed by atoms with Crippen molar-refractivity contribution >= 4 is 40.9 Å². The Morgan fingerprint density at radius 1 is 1.29 bits per heavy atom. The van der Waals surface area contributed by atoms with Crippen LogP contribution in [0, 0.1) is 0 Å². The summed E-state index contributed by atoms with van der Waals surface area (Å²) in [6, 6.07) is 8.47. The molecule has 0 N–H and O–H groups in total. The summed E-state index contributed by atoms with van der Waals surface area (Å²) in [6.45, 7) is 1.67. The lowest BCUT2D eigenvalue weighted by atomic mass is 10.1. The summed E-state index contributed by atoms with van der Waals surface area (Å²) in [6.07, 6.45) is 0. The fourth-order valence-corrected chi connectivity index (χ4v) is 3.17. The molecule has 2 aliphatic rings. The van der Waals surface area contributed by atoms with Crippen molar-refractivity contribution in [2.75, 3.05) is 5.88 Å². The van der Waals surface area contributed by atoms with E-state index in [1.807, 2.05) is 0 Å². The van der Waals surface area contributed by atoms with Crippen LogP contribution < -0.4 is 0 Å². The fraction of sp³-hybridized carbons (Fsp3) is 0.250. The quantitative estimate of drug-likeness (QED) is 0.733. The molecule has 0 unspecified atom stereocenters. The number of amidine groups is 1. The zero-order chi connectivity index (χ0) is 11.0. The Hall–Kier alpha value is -0.640. The summed E-state index contributed by atoms with van der Waals surface area (Å²) < 4.78 is 0. The van der Waals surface area contributed by atoms with Gasteiger partial charge in [0.1, 0.15) is 0 Å². The molecule has 1 aromatic rings. The molecule has 0 aliphatic carbocycles. The summed E-state index contributed by atoms with van der Waals surface area (Å²) in [5, 5.41) is 3.17. The van der Waals surface area contributed by atoms with E-state index in [9.17, 15) is 0 Å². The van der Waals surface area contributed by atoms with Crippen molar-refractivity contribution < 1.29 is 0 Å². The van der Waals surface area contributed by atoms with E-state index in [2.05, 4.69) is 39.6 Å². The van der Waals surface area contributed by atoms with Crippen LogP contribution >= 0.6 is 35.8 Å². The van der Waals surface area contributed by atoms with Gasteiger partial charge in [-0.05, 0) is 16.5 Å². The number of fused-ring (bicyclic) bond motifs is 2. The van der Waals surface area contributed by atoms with Crippen molar-refractivity contribution in [2.45, 2.75) is 13.1 Å². The lowest BCUT2D eigenvalue weighted by Gasteiger charge is -2.19. The molecule has 5 heteroatoms. The van der Waals surface area contributed by atoms with Crippen LogP contribution in [0.15, 0.2) is 40.4 Å². The van der Waals surface area contributed by atoms with Crippen LogP contribution in [-0.4, -0.2) is 15.9 Å². The minimum absolute atomic E-state index is 0. The number of allylic oxidation sites excluding steroid dienone is 1. The molecule has 0 saturated heterocycles. The van der Waals surface area contributed by atoms with Gasteiger partial charge in [0.05, 0.1) is 19.0 Å². The Morgan fingerprint density at radius 2 is 2.06 bits per heavy atom. The van der Waals surface area contributed by atoms with Crippen LogP contribution in [0.25, 0.3) is 0 Å². The molecular formula is C12H12Cl2N2S. The normalized spacial score (nSPS) is 17.4. The molecule has 0 fully saturated rings. The molecule has 90 valence electrons. The summed E-state index contributed by atoms with van der Waals surface area (Å²) in [4.78, 5) is 6.83. The molecule has 0 bridgehead atoms. The lowest BCUT2D eigenvalue weighted by molar-refractivity contribution is 0.528. The summed E-state index contributed by atoms with van der Waals surface area (Å²) in [7, 11) is 0. The first kappa shape index (κ1) is 12.8. The molecule has 2 heterocycles. The van der Waals surface area contributed by atoms with E-state index < -0.39 is 0 Å². The molecule has 0 radical (unpaired) electrons. The zero-order valence-electron chi connectivity index (χ0n) is 9.10. The van der Waals surface area contributed by atoms with Gasteiger partial charge in [-0.2, -0.15) is 0 Å². The van der Waals surface area contributed by atoms with E-state index in [0.29, 0.717) is 5.88 Å². The molecule has 0 spiro atoms. The lowest BCUT2D eigenvalue weighted by Crippen LogP contribution is -2.23. The smallest absolute Gasteiger partial charge is 0.168 e. The number of hydrogen-bond donors (Lipinski definition) is 0. The number of nitrogens with zero attached hydrogens (tertiary/aromatic N) is 2. The van der Waals surface area contributed by atoms with E-state index in [4.69, 9.17) is 11.6 Å². The number of aliphatic imine (C=N–C) groups is 1. The number of benzene rings is 1. The van der Waals surface area contributed by atoms with E-state index in [1.165, 1.54) is 11.1 Å². The maximum Gasteiger partial charge on any atom is 0.168 e. The number of halogens is 2. The molecule has 17 heavy (non-hydrogen) atoms. The second-order valence-electron chi connectivity index (χ2n) is 3.81. The zero-order valence-corrected chi connectivity index (χ0v) is 11.5. The molecule has 0 aromatic heterocycles. The maximum atomic E-state index is 5.93. The highest BCUT2D eigenvalue weighted by molar-refractivity contribution is 8.16. The highest BCUT2D eigenvalue weighted by Gasteiger charge is 2.24. The summed E-state index contributed by atoms with van der Waals surface area (Å²) in [5.74, 6) is 0.550. The molecule has 0 atom stereocenters. The van der Waals surface area contributed by atoms with Crippen LogP contribution in [0.2, 0.25) is 0 Å². The van der Waals surface area contributed by atoms with Crippen molar-refractivity contribution in [1.29, 1.82) is 0 Å². The number of rotatable bonds is 1. The third-order valence-corrected chi connectivity index (χ3v) is 4.07. The topological polar surface area (TPSA) is 15.6 Å². The van der Waals surface area contributed by atoms with Crippen LogP contribution in [-0.2, 0) is 13.1 Å². The third kappa shape index (κ3) is 2.32. The van der Waals surface area contributed by atoms with Crippen LogP contribution in [0.4, 0.5) is 0 Å². The van der Waals surface area contributed by atoms with Gasteiger partial charge in [0, 0.05) is 5.70 Å². The van der Waals surface area contributed by atoms with Crippen LogP contribution in [0.5, 0.6) is 0 Å². The largest absolute Gasteiger partial charge is 0.319 e. The molecule has 0 amide bonds. The first-order valence-electron chi connectivity index (χ1n) is 5.19. The van der Waals surface area contributed by atoms with E-state index in [-0.39, 0.29) is 12.4 Å². The standard InChI is InChI=1S/C12H11ClN2S.ClH/c13-5-11-8-16-12-14-6-9-3-1-2-4-10(9)7-15(11)12;/h1-4,8H,5-7H2;1H. The molecular weight excluding hydrogens is 275 g/mol. The Kier molecular flexibility index (Phi) is 4.02. The van der Waals surface area contributed by atoms with Crippen molar-refractivity contribution in [3.63, 3.8) is 0 Å². The van der Waals surface area contributed by atoms with Gasteiger partial charge in [0.25, 0.3) is 0 Å². The molecule has 0 saturated carbocycles. The number of alkyl halides is 1. The molecule has 2 nitrogen and oxygen atoms in total. The maximum absolute atomic E-state index is 5.93. The SMILES string of the molecule is Cl.ClCC1=CSC2=NCc3ccccc3CN12.